The first-order chi connectivity index (χ1) is 15.4. The fourth-order valence-corrected chi connectivity index (χ4v) is 4.50. The molecule has 0 bridgehead atoms. The lowest BCUT2D eigenvalue weighted by molar-refractivity contribution is -0.140. The Morgan fingerprint density at radius 1 is 1.19 bits per heavy atom. The normalized spacial score (nSPS) is 21.5. The molecule has 1 amide bonds. The first kappa shape index (κ1) is 22.2. The van der Waals surface area contributed by atoms with E-state index in [1.807, 2.05) is 13.0 Å². The summed E-state index contributed by atoms with van der Waals surface area (Å²) in [5.74, 6) is -1.49. The third-order valence-corrected chi connectivity index (χ3v) is 6.23. The minimum absolute atomic E-state index is 0.0688. The first-order valence-electron chi connectivity index (χ1n) is 10.9. The number of carbonyl (C=O) groups is 2. The van der Waals surface area contributed by atoms with E-state index in [-0.39, 0.29) is 11.3 Å². The number of rotatable bonds is 6. The van der Waals surface area contributed by atoms with Crippen molar-refractivity contribution < 1.29 is 19.4 Å². The van der Waals surface area contributed by atoms with E-state index in [0.29, 0.717) is 43.1 Å². The van der Waals surface area contributed by atoms with Crippen molar-refractivity contribution in [2.24, 2.45) is 7.05 Å². The van der Waals surface area contributed by atoms with E-state index in [4.69, 9.17) is 4.74 Å². The number of pyridine rings is 1. The summed E-state index contributed by atoms with van der Waals surface area (Å²) in [7, 11) is 1.78. The second-order valence-electron chi connectivity index (χ2n) is 8.22. The van der Waals surface area contributed by atoms with Crippen LogP contribution in [0.5, 0.6) is 0 Å². The molecule has 2 aliphatic rings. The molecule has 2 aromatic heterocycles. The molecule has 32 heavy (non-hydrogen) atoms. The molecule has 2 fully saturated rings. The van der Waals surface area contributed by atoms with Gasteiger partial charge < -0.3 is 14.7 Å². The maximum absolute atomic E-state index is 13.1. The number of morpholine rings is 1. The second-order valence-corrected chi connectivity index (χ2v) is 8.22. The number of amides is 1. The van der Waals surface area contributed by atoms with Crippen LogP contribution in [-0.4, -0.2) is 80.8 Å². The van der Waals surface area contributed by atoms with Crippen LogP contribution in [0.25, 0.3) is 5.76 Å². The Morgan fingerprint density at radius 3 is 2.56 bits per heavy atom. The molecule has 1 atom stereocenters. The number of Topliss-reactive ketones (excluding diaryl/α,β-unsaturated/α-hetero) is 1. The van der Waals surface area contributed by atoms with Gasteiger partial charge in [-0.1, -0.05) is 6.07 Å². The largest absolute Gasteiger partial charge is 0.507 e. The number of carbonyl (C=O) groups excluding carboxylic acids is 2. The van der Waals surface area contributed by atoms with Crippen molar-refractivity contribution >= 4 is 17.4 Å². The van der Waals surface area contributed by atoms with Gasteiger partial charge in [-0.25, -0.2) is 0 Å². The Bertz CT molecular complexity index is 1040. The van der Waals surface area contributed by atoms with Gasteiger partial charge in [0.25, 0.3) is 11.7 Å². The number of likely N-dealkylation sites (tertiary alicyclic amines) is 1. The van der Waals surface area contributed by atoms with Crippen LogP contribution in [0.3, 0.4) is 0 Å². The van der Waals surface area contributed by atoms with Gasteiger partial charge in [-0.05, 0) is 32.4 Å². The van der Waals surface area contributed by atoms with E-state index >= 15 is 0 Å². The van der Waals surface area contributed by atoms with Gasteiger partial charge in [0.05, 0.1) is 35.7 Å². The van der Waals surface area contributed by atoms with Crippen LogP contribution >= 0.6 is 0 Å². The molecule has 1 unspecified atom stereocenters. The van der Waals surface area contributed by atoms with E-state index in [9.17, 15) is 14.7 Å². The Labute approximate surface area is 187 Å². The van der Waals surface area contributed by atoms with E-state index in [1.54, 1.807) is 37.0 Å². The Hall–Kier alpha value is -3.04. The van der Waals surface area contributed by atoms with Crippen molar-refractivity contribution in [2.75, 3.05) is 39.4 Å². The molecule has 2 aromatic rings. The van der Waals surface area contributed by atoms with E-state index in [1.165, 1.54) is 4.90 Å². The highest BCUT2D eigenvalue weighted by Gasteiger charge is 2.47. The maximum Gasteiger partial charge on any atom is 0.295 e. The molecule has 9 nitrogen and oxygen atoms in total. The fraction of sp³-hybridized carbons (Fsp3) is 0.478. The summed E-state index contributed by atoms with van der Waals surface area (Å²) in [6.07, 6.45) is 2.34. The summed E-state index contributed by atoms with van der Waals surface area (Å²) < 4.78 is 7.04. The zero-order chi connectivity index (χ0) is 22.8. The van der Waals surface area contributed by atoms with Crippen molar-refractivity contribution in [3.63, 3.8) is 0 Å². The second kappa shape index (κ2) is 9.22. The highest BCUT2D eigenvalue weighted by molar-refractivity contribution is 6.46. The average molecular weight is 440 g/mol. The topological polar surface area (TPSA) is 101 Å². The highest BCUT2D eigenvalue weighted by Crippen LogP contribution is 2.39. The number of aromatic nitrogens is 3. The van der Waals surface area contributed by atoms with Crippen molar-refractivity contribution in [2.45, 2.75) is 26.3 Å². The molecular weight excluding hydrogens is 410 g/mol. The number of aryl methyl sites for hydroxylation is 2. The summed E-state index contributed by atoms with van der Waals surface area (Å²) in [5.41, 5.74) is 2.43. The third kappa shape index (κ3) is 4.05. The van der Waals surface area contributed by atoms with Gasteiger partial charge in [0.15, 0.2) is 0 Å². The molecule has 0 radical (unpaired) electrons. The van der Waals surface area contributed by atoms with Crippen LogP contribution in [0.1, 0.15) is 35.1 Å². The fourth-order valence-electron chi connectivity index (χ4n) is 4.50. The molecule has 2 aliphatic heterocycles. The lowest BCUT2D eigenvalue weighted by Gasteiger charge is -2.28. The monoisotopic (exact) mass is 439 g/mol. The molecular formula is C23H29N5O4. The molecule has 0 aliphatic carbocycles. The number of ketones is 1. The maximum atomic E-state index is 13.1. The van der Waals surface area contributed by atoms with Crippen molar-refractivity contribution in [3.8, 4) is 0 Å². The summed E-state index contributed by atoms with van der Waals surface area (Å²) in [5, 5.41) is 15.6. The molecule has 4 heterocycles. The molecule has 0 spiro atoms. The van der Waals surface area contributed by atoms with E-state index in [2.05, 4.69) is 15.0 Å². The zero-order valence-electron chi connectivity index (χ0n) is 18.7. The Balaban J connectivity index is 1.69. The van der Waals surface area contributed by atoms with E-state index < -0.39 is 17.7 Å². The molecule has 0 saturated carbocycles. The van der Waals surface area contributed by atoms with E-state index in [0.717, 1.165) is 25.3 Å². The Morgan fingerprint density at radius 2 is 1.94 bits per heavy atom. The summed E-state index contributed by atoms with van der Waals surface area (Å²) in [6.45, 7) is 7.95. The van der Waals surface area contributed by atoms with Gasteiger partial charge in [0, 0.05) is 45.1 Å². The smallest absolute Gasteiger partial charge is 0.295 e. The Kier molecular flexibility index (Phi) is 6.38. The number of ether oxygens (including phenoxy) is 1. The predicted molar refractivity (Wildman–Crippen MR) is 118 cm³/mol. The number of nitrogens with zero attached hydrogens (tertiary/aromatic N) is 5. The van der Waals surface area contributed by atoms with Crippen molar-refractivity contribution in [1.82, 2.24) is 24.6 Å². The van der Waals surface area contributed by atoms with Crippen LogP contribution in [-0.2, 0) is 21.4 Å². The van der Waals surface area contributed by atoms with Gasteiger partial charge in [-0.2, -0.15) is 5.10 Å². The third-order valence-electron chi connectivity index (χ3n) is 6.23. The molecule has 4 rings (SSSR count). The molecule has 0 aromatic carbocycles. The number of aliphatic hydroxyl groups excluding tert-OH is 1. The average Bonchev–Trinajstić information content (AvgIpc) is 3.20. The minimum atomic E-state index is -0.736. The van der Waals surface area contributed by atoms with Crippen molar-refractivity contribution in [3.05, 3.63) is 52.6 Å². The van der Waals surface area contributed by atoms with Crippen LogP contribution in [0, 0.1) is 13.8 Å². The lowest BCUT2D eigenvalue weighted by atomic mass is 9.97. The molecule has 9 heteroatoms. The van der Waals surface area contributed by atoms with Gasteiger partial charge in [-0.15, -0.1) is 0 Å². The van der Waals surface area contributed by atoms with Crippen molar-refractivity contribution in [1.29, 1.82) is 0 Å². The van der Waals surface area contributed by atoms with Crippen LogP contribution in [0.15, 0.2) is 30.0 Å². The molecule has 2 saturated heterocycles. The summed E-state index contributed by atoms with van der Waals surface area (Å²) >= 11 is 0. The molecule has 170 valence electrons. The zero-order valence-corrected chi connectivity index (χ0v) is 18.7. The highest BCUT2D eigenvalue weighted by atomic mass is 16.5. The van der Waals surface area contributed by atoms with Crippen LogP contribution in [0.2, 0.25) is 0 Å². The standard InChI is InChI=1S/C23H29N5O4/c1-15-18(16(2)26(3)25-15)21(29)19-20(17-7-4-5-8-24-17)28(23(31)22(19)30)10-6-9-27-11-13-32-14-12-27/h4-5,7-8,20,29H,6,9-14H2,1-3H3/b21-19+. The quantitative estimate of drug-likeness (QED) is 0.414. The van der Waals surface area contributed by atoms with Gasteiger partial charge >= 0.3 is 0 Å². The first-order valence-corrected chi connectivity index (χ1v) is 10.9. The van der Waals surface area contributed by atoms with Gasteiger partial charge in [0.1, 0.15) is 11.8 Å². The summed E-state index contributed by atoms with van der Waals surface area (Å²) in [4.78, 5) is 34.4. The van der Waals surface area contributed by atoms with Gasteiger partial charge in [0.2, 0.25) is 0 Å². The predicted octanol–water partition coefficient (Wildman–Crippen LogP) is 1.58. The number of hydrogen-bond donors (Lipinski definition) is 1. The number of hydrogen-bond acceptors (Lipinski definition) is 7. The molecule has 1 N–H and O–H groups in total. The van der Waals surface area contributed by atoms with Gasteiger partial charge in [-0.3, -0.25) is 24.2 Å². The lowest BCUT2D eigenvalue weighted by Crippen LogP contribution is -2.39. The van der Waals surface area contributed by atoms with Crippen LogP contribution in [0.4, 0.5) is 0 Å². The summed E-state index contributed by atoms with van der Waals surface area (Å²) in [6, 6.07) is 4.64. The number of aliphatic hydroxyl groups is 1. The minimum Gasteiger partial charge on any atom is -0.507 e. The SMILES string of the molecule is Cc1nn(C)c(C)c1/C(O)=C1\C(=O)C(=O)N(CCCN2CCOCC2)C1c1ccccn1. The van der Waals surface area contributed by atoms with Crippen LogP contribution < -0.4 is 0 Å².